The van der Waals surface area contributed by atoms with E-state index in [1.54, 1.807) is 29.2 Å². The number of anilines is 2. The first-order chi connectivity index (χ1) is 23.3. The maximum absolute atomic E-state index is 13.7. The van der Waals surface area contributed by atoms with Gasteiger partial charge in [0.15, 0.2) is 0 Å². The molecule has 0 bridgehead atoms. The Hall–Kier alpha value is -4.01. The standard InChI is InChI=1S/C34H37F9N2O.CH2O3.ClH/c1-3-23-10-12-29(13-11-23)45(21-25-16-27(32(35,36)37)19-28(17-25)33(38,39)40)22-26-18-30(46-34(41,42)43)14-15-31(26)44(4-2)20-24-8-6-5-7-9-24;2-1(3)4;/h10-19,24H,3-9,20-22H2,1-2H3;(H2,2,3,4);1H. The lowest BCUT2D eigenvalue weighted by atomic mass is 9.88. The van der Waals surface area contributed by atoms with Gasteiger partial charge in [-0.25, -0.2) is 4.79 Å². The van der Waals surface area contributed by atoms with Crippen LogP contribution in [0.4, 0.5) is 55.7 Å². The van der Waals surface area contributed by atoms with E-state index in [0.29, 0.717) is 54.5 Å². The summed E-state index contributed by atoms with van der Waals surface area (Å²) in [6, 6.07) is 12.4. The van der Waals surface area contributed by atoms with Crippen LogP contribution in [0.1, 0.15) is 73.8 Å². The SMILES string of the molecule is CCc1ccc(N(Cc2cc(C(F)(F)F)cc(C(F)(F)F)c2)Cc2cc(OC(F)(F)F)ccc2N(CC)CC2CCCCC2)cc1.Cl.O=C(O)O. The fraction of sp³-hybridized carbons (Fsp3) is 0.457. The molecule has 0 saturated heterocycles. The molecular formula is C35H40ClF9N2O4. The number of nitrogens with zero attached hydrogens (tertiary/aromatic N) is 2. The Labute approximate surface area is 296 Å². The highest BCUT2D eigenvalue weighted by atomic mass is 35.5. The first-order valence-electron chi connectivity index (χ1n) is 16.0. The number of benzene rings is 3. The molecule has 6 nitrogen and oxygen atoms in total. The zero-order valence-corrected chi connectivity index (χ0v) is 28.7. The van der Waals surface area contributed by atoms with E-state index in [9.17, 15) is 39.5 Å². The summed E-state index contributed by atoms with van der Waals surface area (Å²) in [6.45, 7) is 4.56. The molecule has 51 heavy (non-hydrogen) atoms. The molecule has 1 saturated carbocycles. The fourth-order valence-corrected chi connectivity index (χ4v) is 5.99. The van der Waals surface area contributed by atoms with Crippen LogP contribution >= 0.6 is 12.4 Å². The van der Waals surface area contributed by atoms with Crippen molar-refractivity contribution in [3.05, 3.63) is 88.5 Å². The van der Waals surface area contributed by atoms with Crippen molar-refractivity contribution in [3.8, 4) is 5.75 Å². The minimum atomic E-state index is -5.03. The van der Waals surface area contributed by atoms with Crippen LogP contribution in [0.2, 0.25) is 0 Å². The number of hydrogen-bond donors (Lipinski definition) is 2. The molecule has 0 heterocycles. The van der Waals surface area contributed by atoms with Crippen molar-refractivity contribution in [1.29, 1.82) is 0 Å². The molecule has 1 aliphatic carbocycles. The van der Waals surface area contributed by atoms with E-state index in [1.165, 1.54) is 18.2 Å². The topological polar surface area (TPSA) is 73.2 Å². The molecule has 0 unspecified atom stereocenters. The molecule has 0 amide bonds. The highest BCUT2D eigenvalue weighted by molar-refractivity contribution is 5.85. The zero-order valence-electron chi connectivity index (χ0n) is 27.8. The number of carbonyl (C=O) groups is 1. The first-order valence-corrected chi connectivity index (χ1v) is 16.0. The van der Waals surface area contributed by atoms with Gasteiger partial charge in [0.25, 0.3) is 0 Å². The van der Waals surface area contributed by atoms with Gasteiger partial charge < -0.3 is 24.7 Å². The molecule has 284 valence electrons. The third-order valence-electron chi connectivity index (χ3n) is 8.30. The molecule has 0 aliphatic heterocycles. The van der Waals surface area contributed by atoms with Crippen molar-refractivity contribution in [2.75, 3.05) is 22.9 Å². The molecule has 3 aromatic carbocycles. The van der Waals surface area contributed by atoms with Crippen LogP contribution in [0.15, 0.2) is 60.7 Å². The lowest BCUT2D eigenvalue weighted by molar-refractivity contribution is -0.274. The Morgan fingerprint density at radius 1 is 0.745 bits per heavy atom. The van der Waals surface area contributed by atoms with Crippen LogP contribution in [0.3, 0.4) is 0 Å². The van der Waals surface area contributed by atoms with Crippen molar-refractivity contribution >= 4 is 29.9 Å². The largest absolute Gasteiger partial charge is 0.573 e. The maximum Gasteiger partial charge on any atom is 0.573 e. The average Bonchev–Trinajstić information content (AvgIpc) is 3.02. The van der Waals surface area contributed by atoms with E-state index in [4.69, 9.17) is 15.0 Å². The van der Waals surface area contributed by atoms with Crippen molar-refractivity contribution < 1.29 is 59.3 Å². The van der Waals surface area contributed by atoms with Crippen molar-refractivity contribution in [2.24, 2.45) is 5.92 Å². The normalized spacial score (nSPS) is 13.8. The first kappa shape index (κ1) is 43.2. The highest BCUT2D eigenvalue weighted by Crippen LogP contribution is 2.38. The third kappa shape index (κ3) is 13.9. The summed E-state index contributed by atoms with van der Waals surface area (Å²) in [4.78, 5) is 12.2. The molecule has 1 aliphatic rings. The van der Waals surface area contributed by atoms with Crippen molar-refractivity contribution in [1.82, 2.24) is 0 Å². The van der Waals surface area contributed by atoms with E-state index < -0.39 is 41.7 Å². The van der Waals surface area contributed by atoms with Crippen molar-refractivity contribution in [3.63, 3.8) is 0 Å². The summed E-state index contributed by atoms with van der Waals surface area (Å²) in [6.07, 6.45) is -10.8. The predicted molar refractivity (Wildman–Crippen MR) is 178 cm³/mol. The predicted octanol–water partition coefficient (Wildman–Crippen LogP) is 11.4. The minimum absolute atomic E-state index is 0. The fourth-order valence-electron chi connectivity index (χ4n) is 5.99. The van der Waals surface area contributed by atoms with Gasteiger partial charge in [-0.1, -0.05) is 38.3 Å². The Bertz CT molecular complexity index is 1510. The Balaban J connectivity index is 0.00000171. The molecule has 3 aromatic rings. The van der Waals surface area contributed by atoms with Gasteiger partial charge >= 0.3 is 24.9 Å². The van der Waals surface area contributed by atoms with Gasteiger partial charge in [0.1, 0.15) is 5.75 Å². The monoisotopic (exact) mass is 758 g/mol. The molecule has 2 N–H and O–H groups in total. The average molecular weight is 759 g/mol. The van der Waals surface area contributed by atoms with Crippen molar-refractivity contribution in [2.45, 2.75) is 84.2 Å². The van der Waals surface area contributed by atoms with Gasteiger partial charge in [-0.2, -0.15) is 26.3 Å². The number of rotatable bonds is 11. The Morgan fingerprint density at radius 2 is 1.29 bits per heavy atom. The summed E-state index contributed by atoms with van der Waals surface area (Å²) in [5, 5.41) is 13.9. The summed E-state index contributed by atoms with van der Waals surface area (Å²) in [7, 11) is 0. The summed E-state index contributed by atoms with van der Waals surface area (Å²) < 4.78 is 126. The molecule has 0 atom stereocenters. The third-order valence-corrected chi connectivity index (χ3v) is 8.30. The summed E-state index contributed by atoms with van der Waals surface area (Å²) >= 11 is 0. The summed E-state index contributed by atoms with van der Waals surface area (Å²) in [5.74, 6) is -0.0871. The number of hydrogen-bond acceptors (Lipinski definition) is 4. The number of aryl methyl sites for hydroxylation is 1. The summed E-state index contributed by atoms with van der Waals surface area (Å²) in [5.41, 5.74) is -0.686. The Morgan fingerprint density at radius 3 is 1.76 bits per heavy atom. The number of ether oxygens (including phenoxy) is 1. The van der Waals surface area contributed by atoms with Gasteiger partial charge in [0.2, 0.25) is 0 Å². The van der Waals surface area contributed by atoms with Crippen LogP contribution in [0, 0.1) is 5.92 Å². The Kier molecular flexibility index (Phi) is 15.6. The van der Waals surface area contributed by atoms with E-state index >= 15 is 0 Å². The van der Waals surface area contributed by atoms with Crippen LogP contribution < -0.4 is 14.5 Å². The highest BCUT2D eigenvalue weighted by Gasteiger charge is 2.37. The lowest BCUT2D eigenvalue weighted by Gasteiger charge is -2.34. The maximum atomic E-state index is 13.7. The van der Waals surface area contributed by atoms with Crippen LogP contribution in [-0.2, 0) is 31.9 Å². The molecular weight excluding hydrogens is 719 g/mol. The van der Waals surface area contributed by atoms with Gasteiger partial charge in [0.05, 0.1) is 11.1 Å². The molecule has 16 heteroatoms. The second kappa shape index (κ2) is 18.5. The van der Waals surface area contributed by atoms with Crippen LogP contribution in [0.25, 0.3) is 0 Å². The van der Waals surface area contributed by atoms with E-state index in [1.807, 2.05) is 13.8 Å². The number of alkyl halides is 9. The lowest BCUT2D eigenvalue weighted by Crippen LogP contribution is -2.32. The van der Waals surface area contributed by atoms with E-state index in [-0.39, 0.29) is 37.1 Å². The quantitative estimate of drug-likeness (QED) is 0.190. The molecule has 1 fully saturated rings. The molecule has 4 rings (SSSR count). The van der Waals surface area contributed by atoms with E-state index in [2.05, 4.69) is 9.64 Å². The van der Waals surface area contributed by atoms with Gasteiger partial charge in [-0.15, -0.1) is 25.6 Å². The number of carboxylic acid groups (broad SMARTS) is 2. The molecule has 0 radical (unpaired) electrons. The second-order valence-corrected chi connectivity index (χ2v) is 12.0. The number of halogens is 10. The van der Waals surface area contributed by atoms with Gasteiger partial charge in [0, 0.05) is 37.6 Å². The van der Waals surface area contributed by atoms with Gasteiger partial charge in [-0.3, -0.25) is 0 Å². The molecule has 0 aromatic heterocycles. The minimum Gasteiger partial charge on any atom is -0.450 e. The second-order valence-electron chi connectivity index (χ2n) is 12.0. The van der Waals surface area contributed by atoms with Gasteiger partial charge in [-0.05, 0) is 97.3 Å². The van der Waals surface area contributed by atoms with Crippen LogP contribution in [0.5, 0.6) is 5.75 Å². The zero-order chi connectivity index (χ0) is 37.3. The molecule has 0 spiro atoms. The van der Waals surface area contributed by atoms with E-state index in [0.717, 1.165) is 37.7 Å². The van der Waals surface area contributed by atoms with Crippen LogP contribution in [-0.4, -0.2) is 35.8 Å². The smallest absolute Gasteiger partial charge is 0.450 e.